The van der Waals surface area contributed by atoms with Crippen LogP contribution in [0, 0.1) is 35.5 Å². The van der Waals surface area contributed by atoms with Gasteiger partial charge in [0.2, 0.25) is 0 Å². The molecule has 0 aliphatic heterocycles. The van der Waals surface area contributed by atoms with Gasteiger partial charge >= 0.3 is 5.97 Å². The first-order valence-electron chi connectivity index (χ1n) is 7.84. The van der Waals surface area contributed by atoms with Crippen molar-refractivity contribution in [1.29, 1.82) is 0 Å². The Morgan fingerprint density at radius 2 is 1.89 bits per heavy atom. The highest BCUT2D eigenvalue weighted by Gasteiger charge is 2.67. The fraction of sp³-hybridized carbons (Fsp3) is 0.938. The molecule has 18 heavy (non-hydrogen) atoms. The Labute approximate surface area is 109 Å². The Morgan fingerprint density at radius 1 is 1.17 bits per heavy atom. The lowest BCUT2D eigenvalue weighted by molar-refractivity contribution is -0.169. The van der Waals surface area contributed by atoms with Crippen LogP contribution >= 0.6 is 0 Å². The molecule has 0 N–H and O–H groups in total. The lowest BCUT2D eigenvalue weighted by Crippen LogP contribution is -2.47. The van der Waals surface area contributed by atoms with Crippen LogP contribution in [0.4, 0.5) is 0 Å². The summed E-state index contributed by atoms with van der Waals surface area (Å²) in [5.41, 5.74) is -0.0812. The van der Waals surface area contributed by atoms with E-state index < -0.39 is 0 Å². The lowest BCUT2D eigenvalue weighted by Gasteiger charge is -2.45. The standard InChI is InChI=1S/C16H24O2/c1-3-16(18-9(2)17)8-12-7-13(16)15-11-5-4-10(6-11)14(12)15/h10-15H,3-8H2,1-2H3. The van der Waals surface area contributed by atoms with Crippen LogP contribution in [0.25, 0.3) is 0 Å². The van der Waals surface area contributed by atoms with E-state index in [-0.39, 0.29) is 11.6 Å². The van der Waals surface area contributed by atoms with Crippen LogP contribution in [0.1, 0.15) is 52.4 Å². The molecular weight excluding hydrogens is 224 g/mol. The number of ether oxygens (including phenoxy) is 1. The van der Waals surface area contributed by atoms with Gasteiger partial charge in [-0.15, -0.1) is 0 Å². The average molecular weight is 248 g/mol. The lowest BCUT2D eigenvalue weighted by atomic mass is 9.65. The molecule has 4 aliphatic rings. The van der Waals surface area contributed by atoms with Gasteiger partial charge in [-0.1, -0.05) is 6.92 Å². The Hall–Kier alpha value is -0.530. The Bertz CT molecular complexity index is 391. The number of carbonyl (C=O) groups is 1. The fourth-order valence-electron chi connectivity index (χ4n) is 6.58. The second kappa shape index (κ2) is 3.52. The van der Waals surface area contributed by atoms with Gasteiger partial charge in [0.25, 0.3) is 0 Å². The van der Waals surface area contributed by atoms with Crippen molar-refractivity contribution in [3.8, 4) is 0 Å². The van der Waals surface area contributed by atoms with Gasteiger partial charge < -0.3 is 4.74 Å². The van der Waals surface area contributed by atoms with Crippen molar-refractivity contribution in [2.75, 3.05) is 0 Å². The first-order valence-corrected chi connectivity index (χ1v) is 7.84. The molecule has 0 aromatic carbocycles. The molecule has 2 nitrogen and oxygen atoms in total. The monoisotopic (exact) mass is 248 g/mol. The molecule has 0 aromatic rings. The van der Waals surface area contributed by atoms with Gasteiger partial charge in [0, 0.05) is 12.8 Å². The van der Waals surface area contributed by atoms with Gasteiger partial charge in [0.1, 0.15) is 5.60 Å². The van der Waals surface area contributed by atoms with Crippen molar-refractivity contribution >= 4 is 5.97 Å². The summed E-state index contributed by atoms with van der Waals surface area (Å²) < 4.78 is 5.86. The Morgan fingerprint density at radius 3 is 2.56 bits per heavy atom. The fourth-order valence-corrected chi connectivity index (χ4v) is 6.58. The van der Waals surface area contributed by atoms with Gasteiger partial charge in [-0.3, -0.25) is 4.79 Å². The van der Waals surface area contributed by atoms with E-state index in [9.17, 15) is 4.79 Å². The van der Waals surface area contributed by atoms with Gasteiger partial charge in [-0.25, -0.2) is 0 Å². The van der Waals surface area contributed by atoms with E-state index in [4.69, 9.17) is 4.74 Å². The molecule has 0 aromatic heterocycles. The summed E-state index contributed by atoms with van der Waals surface area (Å²) in [6, 6.07) is 0. The zero-order valence-corrected chi connectivity index (χ0v) is 11.5. The normalized spacial score (nSPS) is 55.9. The van der Waals surface area contributed by atoms with Crippen LogP contribution in [0.15, 0.2) is 0 Å². The predicted octanol–water partition coefficient (Wildman–Crippen LogP) is 3.40. The third-order valence-corrected chi connectivity index (χ3v) is 6.84. The summed E-state index contributed by atoms with van der Waals surface area (Å²) in [5.74, 6) is 5.40. The van der Waals surface area contributed by atoms with E-state index in [0.717, 1.165) is 42.4 Å². The SMILES string of the molecule is CCC1(OC(C)=O)CC2CC1C1C3CCC(C3)C21. The van der Waals surface area contributed by atoms with Crippen LogP contribution in [-0.4, -0.2) is 11.6 Å². The molecule has 4 saturated carbocycles. The summed E-state index contributed by atoms with van der Waals surface area (Å²) >= 11 is 0. The highest BCUT2D eigenvalue weighted by atomic mass is 16.6. The molecule has 0 amide bonds. The second-order valence-electron chi connectivity index (χ2n) is 7.31. The molecule has 4 rings (SSSR count). The average Bonchev–Trinajstić information content (AvgIpc) is 3.05. The zero-order valence-electron chi connectivity index (χ0n) is 11.5. The first kappa shape index (κ1) is 11.3. The molecule has 0 saturated heterocycles. The highest BCUT2D eigenvalue weighted by molar-refractivity contribution is 5.66. The third-order valence-electron chi connectivity index (χ3n) is 6.84. The minimum Gasteiger partial charge on any atom is -0.459 e. The van der Waals surface area contributed by atoms with E-state index in [1.54, 1.807) is 6.92 Å². The Kier molecular flexibility index (Phi) is 2.21. The van der Waals surface area contributed by atoms with E-state index in [1.165, 1.54) is 25.7 Å². The van der Waals surface area contributed by atoms with Gasteiger partial charge in [0.05, 0.1) is 0 Å². The first-order chi connectivity index (χ1) is 8.64. The van der Waals surface area contributed by atoms with Gasteiger partial charge in [-0.05, 0) is 68.1 Å². The number of fused-ring (bicyclic) bond motifs is 9. The quantitative estimate of drug-likeness (QED) is 0.553. The molecule has 0 radical (unpaired) electrons. The smallest absolute Gasteiger partial charge is 0.303 e. The molecule has 4 fully saturated rings. The topological polar surface area (TPSA) is 26.3 Å². The third kappa shape index (κ3) is 1.22. The highest BCUT2D eigenvalue weighted by Crippen LogP contribution is 2.70. The zero-order chi connectivity index (χ0) is 12.5. The molecule has 2 heteroatoms. The van der Waals surface area contributed by atoms with E-state index in [1.807, 2.05) is 0 Å². The molecule has 0 heterocycles. The number of carbonyl (C=O) groups excluding carboxylic acids is 1. The van der Waals surface area contributed by atoms with Crippen molar-refractivity contribution in [3.05, 3.63) is 0 Å². The summed E-state index contributed by atoms with van der Waals surface area (Å²) in [4.78, 5) is 11.5. The van der Waals surface area contributed by atoms with Crippen molar-refractivity contribution in [1.82, 2.24) is 0 Å². The van der Waals surface area contributed by atoms with Crippen LogP contribution in [0.3, 0.4) is 0 Å². The van der Waals surface area contributed by atoms with E-state index in [0.29, 0.717) is 5.92 Å². The molecule has 0 spiro atoms. The van der Waals surface area contributed by atoms with Crippen LogP contribution in [-0.2, 0) is 9.53 Å². The largest absolute Gasteiger partial charge is 0.459 e. The maximum Gasteiger partial charge on any atom is 0.303 e. The molecule has 7 atom stereocenters. The van der Waals surface area contributed by atoms with Crippen molar-refractivity contribution in [2.24, 2.45) is 35.5 Å². The molecule has 100 valence electrons. The summed E-state index contributed by atoms with van der Waals surface area (Å²) in [7, 11) is 0. The van der Waals surface area contributed by atoms with Crippen LogP contribution < -0.4 is 0 Å². The number of esters is 1. The van der Waals surface area contributed by atoms with Crippen molar-refractivity contribution < 1.29 is 9.53 Å². The summed E-state index contributed by atoms with van der Waals surface area (Å²) in [6.45, 7) is 3.80. The minimum atomic E-state index is -0.0812. The predicted molar refractivity (Wildman–Crippen MR) is 68.8 cm³/mol. The van der Waals surface area contributed by atoms with E-state index in [2.05, 4.69) is 6.92 Å². The maximum absolute atomic E-state index is 11.5. The van der Waals surface area contributed by atoms with Crippen molar-refractivity contribution in [2.45, 2.75) is 58.0 Å². The number of rotatable bonds is 2. The molecule has 7 unspecified atom stereocenters. The van der Waals surface area contributed by atoms with Crippen LogP contribution in [0.2, 0.25) is 0 Å². The maximum atomic E-state index is 11.5. The molecular formula is C16H24O2. The Balaban J connectivity index is 1.66. The molecule has 4 aliphatic carbocycles. The number of hydrogen-bond donors (Lipinski definition) is 0. The second-order valence-corrected chi connectivity index (χ2v) is 7.31. The number of hydrogen-bond acceptors (Lipinski definition) is 2. The molecule has 4 bridgehead atoms. The summed E-state index contributed by atoms with van der Waals surface area (Å²) in [6.07, 6.45) is 7.97. The van der Waals surface area contributed by atoms with E-state index >= 15 is 0 Å². The van der Waals surface area contributed by atoms with Gasteiger partial charge in [-0.2, -0.15) is 0 Å². The summed E-state index contributed by atoms with van der Waals surface area (Å²) in [5, 5.41) is 0. The minimum absolute atomic E-state index is 0.0656. The van der Waals surface area contributed by atoms with Crippen LogP contribution in [0.5, 0.6) is 0 Å². The van der Waals surface area contributed by atoms with Crippen molar-refractivity contribution in [3.63, 3.8) is 0 Å². The van der Waals surface area contributed by atoms with Gasteiger partial charge in [0.15, 0.2) is 0 Å².